The van der Waals surface area contributed by atoms with Gasteiger partial charge in [0.2, 0.25) is 5.88 Å². The van der Waals surface area contributed by atoms with Crippen LogP contribution in [0.15, 0.2) is 61.5 Å². The van der Waals surface area contributed by atoms with Crippen molar-refractivity contribution in [3.05, 3.63) is 78.9 Å². The molecule has 0 atom stereocenters. The summed E-state index contributed by atoms with van der Waals surface area (Å²) in [5, 5.41) is 13.2. The second-order valence-corrected chi connectivity index (χ2v) is 7.26. The molecule has 0 fully saturated rings. The van der Waals surface area contributed by atoms with Crippen LogP contribution in [-0.2, 0) is 6.42 Å². The zero-order valence-electron chi connectivity index (χ0n) is 16.7. The Hall–Kier alpha value is -3.66. The Bertz CT molecular complexity index is 1280. The SMILES string of the molecule is CCc1ccccc1-n1c(O)c(C=NC(=O)Nc2ccc(Br)cc2OC)c(=O)[nH]c1=O. The summed E-state index contributed by atoms with van der Waals surface area (Å²) in [4.78, 5) is 42.7. The van der Waals surface area contributed by atoms with E-state index in [1.165, 1.54) is 7.11 Å². The van der Waals surface area contributed by atoms with Gasteiger partial charge < -0.3 is 15.2 Å². The molecule has 2 aromatic carbocycles. The largest absolute Gasteiger partial charge is 0.495 e. The first-order valence-corrected chi connectivity index (χ1v) is 10.00. The lowest BCUT2D eigenvalue weighted by molar-refractivity contribution is 0.259. The third-order valence-corrected chi connectivity index (χ3v) is 4.94. The summed E-state index contributed by atoms with van der Waals surface area (Å²) in [5.74, 6) is -0.212. The number of hydrogen-bond acceptors (Lipinski definition) is 5. The zero-order chi connectivity index (χ0) is 22.5. The molecule has 10 heteroatoms. The first-order valence-electron chi connectivity index (χ1n) is 9.20. The predicted molar refractivity (Wildman–Crippen MR) is 121 cm³/mol. The average Bonchev–Trinajstić information content (AvgIpc) is 2.74. The summed E-state index contributed by atoms with van der Waals surface area (Å²) in [6, 6.07) is 11.1. The van der Waals surface area contributed by atoms with Crippen molar-refractivity contribution in [1.82, 2.24) is 9.55 Å². The van der Waals surface area contributed by atoms with E-state index in [-0.39, 0.29) is 5.56 Å². The maximum Gasteiger partial charge on any atom is 0.345 e. The lowest BCUT2D eigenvalue weighted by Gasteiger charge is -2.13. The third kappa shape index (κ3) is 4.75. The molecule has 0 unspecified atom stereocenters. The molecule has 31 heavy (non-hydrogen) atoms. The van der Waals surface area contributed by atoms with Gasteiger partial charge in [0.15, 0.2) is 0 Å². The van der Waals surface area contributed by atoms with Gasteiger partial charge in [-0.1, -0.05) is 41.1 Å². The van der Waals surface area contributed by atoms with E-state index in [1.54, 1.807) is 42.5 Å². The van der Waals surface area contributed by atoms with E-state index in [4.69, 9.17) is 4.74 Å². The minimum atomic E-state index is -0.870. The Morgan fingerprint density at radius 2 is 2.03 bits per heavy atom. The third-order valence-electron chi connectivity index (χ3n) is 4.45. The Labute approximate surface area is 185 Å². The topological polar surface area (TPSA) is 126 Å². The van der Waals surface area contributed by atoms with Gasteiger partial charge in [0, 0.05) is 4.47 Å². The number of rotatable bonds is 5. The van der Waals surface area contributed by atoms with E-state index in [9.17, 15) is 19.5 Å². The molecule has 0 aliphatic rings. The maximum atomic E-state index is 12.4. The molecule has 3 rings (SSSR count). The molecular formula is C21H19BrN4O5. The van der Waals surface area contributed by atoms with E-state index in [1.807, 2.05) is 6.92 Å². The Morgan fingerprint density at radius 3 is 2.74 bits per heavy atom. The number of amides is 2. The Balaban J connectivity index is 1.97. The van der Waals surface area contributed by atoms with Crippen LogP contribution in [0.5, 0.6) is 11.6 Å². The van der Waals surface area contributed by atoms with E-state index < -0.39 is 23.2 Å². The molecule has 1 heterocycles. The van der Waals surface area contributed by atoms with Gasteiger partial charge in [-0.15, -0.1) is 0 Å². The van der Waals surface area contributed by atoms with Gasteiger partial charge in [-0.2, -0.15) is 0 Å². The average molecular weight is 487 g/mol. The molecule has 0 saturated heterocycles. The van der Waals surface area contributed by atoms with Crippen LogP contribution in [0.4, 0.5) is 10.5 Å². The number of aromatic nitrogens is 2. The normalized spacial score (nSPS) is 10.9. The van der Waals surface area contributed by atoms with E-state index >= 15 is 0 Å². The van der Waals surface area contributed by atoms with Crippen molar-refractivity contribution in [2.75, 3.05) is 12.4 Å². The highest BCUT2D eigenvalue weighted by Gasteiger charge is 2.16. The van der Waals surface area contributed by atoms with Crippen molar-refractivity contribution in [2.45, 2.75) is 13.3 Å². The van der Waals surface area contributed by atoms with Crippen LogP contribution in [-0.4, -0.2) is 34.0 Å². The summed E-state index contributed by atoms with van der Waals surface area (Å²) in [6.45, 7) is 1.90. The van der Waals surface area contributed by atoms with E-state index in [0.29, 0.717) is 23.5 Å². The number of aryl methyl sites for hydroxylation is 1. The molecular weight excluding hydrogens is 468 g/mol. The molecule has 160 valence electrons. The smallest absolute Gasteiger partial charge is 0.345 e. The molecule has 0 saturated carbocycles. The summed E-state index contributed by atoms with van der Waals surface area (Å²) in [5.41, 5.74) is -0.427. The van der Waals surface area contributed by atoms with Crippen molar-refractivity contribution in [3.63, 3.8) is 0 Å². The molecule has 2 amide bonds. The van der Waals surface area contributed by atoms with Crippen LogP contribution in [0, 0.1) is 0 Å². The molecule has 0 aliphatic heterocycles. The second kappa shape index (κ2) is 9.43. The van der Waals surface area contributed by atoms with Crippen LogP contribution >= 0.6 is 15.9 Å². The van der Waals surface area contributed by atoms with Crippen molar-refractivity contribution < 1.29 is 14.6 Å². The summed E-state index contributed by atoms with van der Waals surface area (Å²) in [7, 11) is 1.45. The minimum absolute atomic E-state index is 0.330. The number of nitrogens with zero attached hydrogens (tertiary/aromatic N) is 2. The van der Waals surface area contributed by atoms with Crippen molar-refractivity contribution in [2.24, 2.45) is 4.99 Å². The molecule has 0 bridgehead atoms. The van der Waals surface area contributed by atoms with Gasteiger partial charge in [-0.05, 0) is 36.2 Å². The quantitative estimate of drug-likeness (QED) is 0.477. The summed E-state index contributed by atoms with van der Waals surface area (Å²) >= 11 is 3.31. The van der Waals surface area contributed by atoms with Gasteiger partial charge in [0.1, 0.15) is 11.3 Å². The van der Waals surface area contributed by atoms with E-state index in [0.717, 1.165) is 20.8 Å². The van der Waals surface area contributed by atoms with E-state index in [2.05, 4.69) is 31.2 Å². The number of hydrogen-bond donors (Lipinski definition) is 3. The van der Waals surface area contributed by atoms with Crippen LogP contribution in [0.2, 0.25) is 0 Å². The van der Waals surface area contributed by atoms with Crippen LogP contribution < -0.4 is 21.3 Å². The predicted octanol–water partition coefficient (Wildman–Crippen LogP) is 3.22. The number of H-pyrrole nitrogens is 1. The van der Waals surface area contributed by atoms with Crippen molar-refractivity contribution in [1.29, 1.82) is 0 Å². The minimum Gasteiger partial charge on any atom is -0.495 e. The van der Waals surface area contributed by atoms with Crippen LogP contribution in [0.3, 0.4) is 0 Å². The number of aromatic amines is 1. The van der Waals surface area contributed by atoms with Gasteiger partial charge in [-0.3, -0.25) is 9.78 Å². The fraction of sp³-hybridized carbons (Fsp3) is 0.143. The van der Waals surface area contributed by atoms with Crippen molar-refractivity contribution >= 4 is 33.9 Å². The number of aromatic hydroxyl groups is 1. The molecule has 0 radical (unpaired) electrons. The number of carbonyl (C=O) groups is 1. The Morgan fingerprint density at radius 1 is 1.29 bits per heavy atom. The summed E-state index contributed by atoms with van der Waals surface area (Å²) < 4.78 is 6.93. The number of ether oxygens (including phenoxy) is 1. The first-order chi connectivity index (χ1) is 14.8. The number of aliphatic imine (C=N–C) groups is 1. The molecule has 0 aliphatic carbocycles. The number of anilines is 1. The lowest BCUT2D eigenvalue weighted by atomic mass is 10.1. The zero-order valence-corrected chi connectivity index (χ0v) is 18.3. The van der Waals surface area contributed by atoms with Gasteiger partial charge in [-0.25, -0.2) is 19.1 Å². The summed E-state index contributed by atoms with van der Waals surface area (Å²) in [6.07, 6.45) is 1.50. The number of nitrogens with one attached hydrogen (secondary N) is 2. The number of benzene rings is 2. The highest BCUT2D eigenvalue weighted by molar-refractivity contribution is 9.10. The van der Waals surface area contributed by atoms with Gasteiger partial charge in [0.25, 0.3) is 5.56 Å². The second-order valence-electron chi connectivity index (χ2n) is 6.35. The lowest BCUT2D eigenvalue weighted by Crippen LogP contribution is -2.32. The number of methoxy groups -OCH3 is 1. The molecule has 3 N–H and O–H groups in total. The number of para-hydroxylation sites is 1. The number of halogens is 1. The van der Waals surface area contributed by atoms with Gasteiger partial charge >= 0.3 is 11.7 Å². The highest BCUT2D eigenvalue weighted by atomic mass is 79.9. The standard InChI is InChI=1S/C21H19BrN4O5/c1-3-12-6-4-5-7-16(12)26-19(28)14(18(27)25-21(26)30)11-23-20(29)24-15-9-8-13(22)10-17(15)31-2/h4-11,28H,3H2,1-2H3,(H,24,29)(H,25,27,30). The van der Waals surface area contributed by atoms with Gasteiger partial charge in [0.05, 0.1) is 24.7 Å². The molecule has 0 spiro atoms. The molecule has 1 aromatic heterocycles. The number of urea groups is 1. The maximum absolute atomic E-state index is 12.4. The monoisotopic (exact) mass is 486 g/mol. The fourth-order valence-electron chi connectivity index (χ4n) is 2.95. The molecule has 3 aromatic rings. The molecule has 9 nitrogen and oxygen atoms in total. The van der Waals surface area contributed by atoms with Crippen molar-refractivity contribution in [3.8, 4) is 17.3 Å². The number of carbonyl (C=O) groups excluding carboxylic acids is 1. The Kier molecular flexibility index (Phi) is 6.71. The first kappa shape index (κ1) is 22.0. The fourth-order valence-corrected chi connectivity index (χ4v) is 3.29. The highest BCUT2D eigenvalue weighted by Crippen LogP contribution is 2.28. The van der Waals surface area contributed by atoms with Crippen LogP contribution in [0.25, 0.3) is 5.69 Å². The van der Waals surface area contributed by atoms with Crippen LogP contribution in [0.1, 0.15) is 18.1 Å².